The highest BCUT2D eigenvalue weighted by molar-refractivity contribution is 5.98. The van der Waals surface area contributed by atoms with Crippen LogP contribution < -0.4 is 19.7 Å². The number of nitrogens with zero attached hydrogens (tertiary/aromatic N) is 3. The summed E-state index contributed by atoms with van der Waals surface area (Å²) in [7, 11) is 4.17. The number of halogens is 4. The summed E-state index contributed by atoms with van der Waals surface area (Å²) in [4.78, 5) is 20.3. The van der Waals surface area contributed by atoms with Crippen LogP contribution in [0.4, 0.5) is 34.6 Å². The van der Waals surface area contributed by atoms with E-state index in [2.05, 4.69) is 19.9 Å². The maximum absolute atomic E-state index is 14.4. The van der Waals surface area contributed by atoms with Crippen LogP contribution in [0.2, 0.25) is 0 Å². The summed E-state index contributed by atoms with van der Waals surface area (Å²) in [6.45, 7) is 2.00. The summed E-state index contributed by atoms with van der Waals surface area (Å²) < 4.78 is 70.4. The molecule has 3 aromatic rings. The number of ether oxygens (including phenoxy) is 3. The van der Waals surface area contributed by atoms with Crippen LogP contribution in [0, 0.1) is 5.82 Å². The number of benzene rings is 3. The van der Waals surface area contributed by atoms with E-state index in [-0.39, 0.29) is 23.1 Å². The van der Waals surface area contributed by atoms with Crippen LogP contribution in [0.5, 0.6) is 11.5 Å². The Kier molecular flexibility index (Phi) is 9.56. The Hall–Kier alpha value is -4.74. The maximum Gasteiger partial charge on any atom is 0.416 e. The fraction of sp³-hybridized carbons (Fsp3) is 0.267. The van der Waals surface area contributed by atoms with Crippen LogP contribution in [-0.2, 0) is 15.7 Å². The molecular weight excluding hydrogens is 556 g/mol. The average molecular weight is 587 g/mol. The molecule has 12 heteroatoms. The molecule has 0 amide bonds. The number of esters is 1. The monoisotopic (exact) mass is 586 g/mol. The molecule has 222 valence electrons. The van der Waals surface area contributed by atoms with E-state index >= 15 is 0 Å². The zero-order valence-corrected chi connectivity index (χ0v) is 23.2. The number of hydrogen-bond acceptors (Lipinski definition) is 6. The van der Waals surface area contributed by atoms with Crippen molar-refractivity contribution in [1.29, 1.82) is 0 Å². The summed E-state index contributed by atoms with van der Waals surface area (Å²) in [5, 5.41) is 3.00. The number of carbonyl (C=O) groups is 1. The topological polar surface area (TPSA) is 75.6 Å². The van der Waals surface area contributed by atoms with Gasteiger partial charge in [0.25, 0.3) is 0 Å². The fourth-order valence-corrected chi connectivity index (χ4v) is 4.36. The van der Waals surface area contributed by atoms with Crippen molar-refractivity contribution in [2.24, 2.45) is 4.99 Å². The first-order chi connectivity index (χ1) is 20.1. The van der Waals surface area contributed by atoms with E-state index in [0.717, 1.165) is 17.8 Å². The number of methoxy groups -OCH3 is 3. The Bertz CT molecular complexity index is 1470. The van der Waals surface area contributed by atoms with Gasteiger partial charge in [-0.05, 0) is 48.5 Å². The van der Waals surface area contributed by atoms with Crippen molar-refractivity contribution in [3.8, 4) is 11.5 Å². The number of rotatable bonds is 7. The van der Waals surface area contributed by atoms with Gasteiger partial charge in [-0.25, -0.2) is 14.2 Å². The zero-order valence-electron chi connectivity index (χ0n) is 23.2. The third-order valence-electron chi connectivity index (χ3n) is 6.59. The van der Waals surface area contributed by atoms with Crippen LogP contribution in [-0.4, -0.2) is 64.3 Å². The SMILES string of the molecule is COC(=O)C=Cc1ccc(F)cc1N=C(Nc1cc(C(F)(F)F)ccc1OC)N1CCN(c2cccc(OC)c2)CC1. The summed E-state index contributed by atoms with van der Waals surface area (Å²) >= 11 is 0. The minimum atomic E-state index is -4.59. The molecule has 0 bridgehead atoms. The first kappa shape index (κ1) is 30.2. The molecule has 0 unspecified atom stereocenters. The van der Waals surface area contributed by atoms with Gasteiger partial charge < -0.3 is 29.3 Å². The lowest BCUT2D eigenvalue weighted by Gasteiger charge is -2.38. The first-order valence-corrected chi connectivity index (χ1v) is 12.9. The van der Waals surface area contributed by atoms with Crippen molar-refractivity contribution in [1.82, 2.24) is 4.90 Å². The normalized spacial score (nSPS) is 14.2. The molecule has 0 spiro atoms. The summed E-state index contributed by atoms with van der Waals surface area (Å²) in [5.41, 5.74) is 0.663. The number of anilines is 2. The van der Waals surface area contributed by atoms with Gasteiger partial charge in [-0.3, -0.25) is 0 Å². The second-order valence-corrected chi connectivity index (χ2v) is 9.21. The molecule has 1 saturated heterocycles. The molecule has 1 aliphatic rings. The van der Waals surface area contributed by atoms with Gasteiger partial charge in [-0.1, -0.05) is 6.07 Å². The molecule has 8 nitrogen and oxygen atoms in total. The highest BCUT2D eigenvalue weighted by atomic mass is 19.4. The van der Waals surface area contributed by atoms with Crippen molar-refractivity contribution in [2.75, 3.05) is 57.7 Å². The van der Waals surface area contributed by atoms with Crippen LogP contribution in [0.1, 0.15) is 11.1 Å². The van der Waals surface area contributed by atoms with Crippen molar-refractivity contribution in [3.63, 3.8) is 0 Å². The standard InChI is InChI=1S/C30H30F4N4O4/c1-40-24-6-4-5-23(19-24)37-13-15-38(16-14-37)29(36-26-17-21(30(32,33)34)9-11-27(26)41-2)35-25-18-22(31)10-7-20(25)8-12-28(39)42-3/h4-12,17-19H,13-16H2,1-3H3,(H,35,36). The Morgan fingerprint density at radius 2 is 1.71 bits per heavy atom. The van der Waals surface area contributed by atoms with Gasteiger partial charge >= 0.3 is 12.1 Å². The number of guanidine groups is 1. The first-order valence-electron chi connectivity index (χ1n) is 12.9. The molecule has 1 heterocycles. The van der Waals surface area contributed by atoms with E-state index in [0.29, 0.717) is 37.5 Å². The lowest BCUT2D eigenvalue weighted by Crippen LogP contribution is -2.50. The van der Waals surface area contributed by atoms with Crippen LogP contribution in [0.15, 0.2) is 71.7 Å². The number of piperazine rings is 1. The fourth-order valence-electron chi connectivity index (χ4n) is 4.36. The maximum atomic E-state index is 14.4. The molecule has 1 aliphatic heterocycles. The lowest BCUT2D eigenvalue weighted by molar-refractivity contribution is -0.137. The van der Waals surface area contributed by atoms with Gasteiger partial charge in [-0.15, -0.1) is 0 Å². The summed E-state index contributed by atoms with van der Waals surface area (Å²) in [5.74, 6) is -0.140. The molecule has 4 rings (SSSR count). The van der Waals surface area contributed by atoms with Gasteiger partial charge in [0.05, 0.1) is 38.3 Å². The molecule has 0 atom stereocenters. The third kappa shape index (κ3) is 7.50. The Labute approximate surface area is 240 Å². The van der Waals surface area contributed by atoms with Crippen LogP contribution in [0.25, 0.3) is 6.08 Å². The molecule has 42 heavy (non-hydrogen) atoms. The second kappa shape index (κ2) is 13.3. The number of hydrogen-bond donors (Lipinski definition) is 1. The summed E-state index contributed by atoms with van der Waals surface area (Å²) in [6.07, 6.45) is -1.99. The number of nitrogens with one attached hydrogen (secondary N) is 1. The van der Waals surface area contributed by atoms with Crippen molar-refractivity contribution >= 4 is 35.1 Å². The predicted octanol–water partition coefficient (Wildman–Crippen LogP) is 5.97. The predicted molar refractivity (Wildman–Crippen MR) is 153 cm³/mol. The largest absolute Gasteiger partial charge is 0.497 e. The Morgan fingerprint density at radius 1 is 0.952 bits per heavy atom. The van der Waals surface area contributed by atoms with E-state index in [1.54, 1.807) is 7.11 Å². The van der Waals surface area contributed by atoms with Crippen molar-refractivity contribution in [3.05, 3.63) is 83.7 Å². The number of carbonyl (C=O) groups excluding carboxylic acids is 1. The average Bonchev–Trinajstić information content (AvgIpc) is 2.99. The summed E-state index contributed by atoms with van der Waals surface area (Å²) in [6, 6.07) is 14.5. The molecule has 0 aliphatic carbocycles. The quantitative estimate of drug-likeness (QED) is 0.120. The Balaban J connectivity index is 1.72. The van der Waals surface area contributed by atoms with Crippen LogP contribution >= 0.6 is 0 Å². The van der Waals surface area contributed by atoms with Gasteiger partial charge in [0.2, 0.25) is 5.96 Å². The number of alkyl halides is 3. The van der Waals surface area contributed by atoms with E-state index in [4.69, 9.17) is 9.47 Å². The van der Waals surface area contributed by atoms with Crippen molar-refractivity contribution < 1.29 is 36.6 Å². The van der Waals surface area contributed by atoms with Crippen molar-refractivity contribution in [2.45, 2.75) is 6.18 Å². The molecule has 1 fully saturated rings. The van der Waals surface area contributed by atoms with Gasteiger partial charge in [0, 0.05) is 55.6 Å². The van der Waals surface area contributed by atoms with E-state index in [1.165, 1.54) is 50.6 Å². The zero-order chi connectivity index (χ0) is 30.3. The molecule has 3 aromatic carbocycles. The minimum absolute atomic E-state index is 0.0318. The lowest BCUT2D eigenvalue weighted by atomic mass is 10.1. The highest BCUT2D eigenvalue weighted by Crippen LogP contribution is 2.35. The molecule has 0 saturated carbocycles. The van der Waals surface area contributed by atoms with Gasteiger partial charge in [0.15, 0.2) is 0 Å². The van der Waals surface area contributed by atoms with E-state index in [9.17, 15) is 22.4 Å². The second-order valence-electron chi connectivity index (χ2n) is 9.21. The smallest absolute Gasteiger partial charge is 0.416 e. The Morgan fingerprint density at radius 3 is 2.38 bits per heavy atom. The molecular formula is C30H30F4N4O4. The minimum Gasteiger partial charge on any atom is -0.497 e. The van der Waals surface area contributed by atoms with E-state index < -0.39 is 23.5 Å². The molecule has 0 aromatic heterocycles. The highest BCUT2D eigenvalue weighted by Gasteiger charge is 2.32. The van der Waals surface area contributed by atoms with Crippen LogP contribution in [0.3, 0.4) is 0 Å². The molecule has 0 radical (unpaired) electrons. The van der Waals surface area contributed by atoms with Gasteiger partial charge in [0.1, 0.15) is 17.3 Å². The van der Waals surface area contributed by atoms with E-state index in [1.807, 2.05) is 29.2 Å². The molecule has 1 N–H and O–H groups in total. The third-order valence-corrected chi connectivity index (χ3v) is 6.59. The number of aliphatic imine (C=N–C) groups is 1. The van der Waals surface area contributed by atoms with Gasteiger partial charge in [-0.2, -0.15) is 13.2 Å².